The van der Waals surface area contributed by atoms with Crippen LogP contribution in [-0.4, -0.2) is 68.7 Å². The van der Waals surface area contributed by atoms with Gasteiger partial charge >= 0.3 is 0 Å². The maximum Gasteiger partial charge on any atom is 0.214 e. The molecule has 6 heteroatoms. The molecule has 100 valence electrons. The molecular weight excluding hydrogens is 238 g/mol. The maximum atomic E-state index is 11.9. The average molecular weight is 261 g/mol. The van der Waals surface area contributed by atoms with E-state index in [2.05, 4.69) is 10.2 Å². The van der Waals surface area contributed by atoms with E-state index in [1.54, 1.807) is 4.31 Å². The molecule has 2 rings (SSSR count). The Hall–Kier alpha value is -0.170. The van der Waals surface area contributed by atoms with Crippen LogP contribution in [0.3, 0.4) is 0 Å². The molecule has 17 heavy (non-hydrogen) atoms. The number of nitrogens with zero attached hydrogens (tertiary/aromatic N) is 2. The summed E-state index contributed by atoms with van der Waals surface area (Å²) >= 11 is 0. The van der Waals surface area contributed by atoms with E-state index in [1.165, 1.54) is 6.42 Å². The molecule has 0 aromatic carbocycles. The Labute approximate surface area is 104 Å². The lowest BCUT2D eigenvalue weighted by atomic mass is 10.2. The zero-order chi connectivity index (χ0) is 12.3. The maximum absolute atomic E-state index is 11.9. The standard InChI is InChI=1S/C11H23N3O2S/c1-2-9-17(15,16)14-7-5-13(6-8-14)11-3-4-12-10-11/h11-12H,2-10H2,1H3. The van der Waals surface area contributed by atoms with Gasteiger partial charge in [-0.25, -0.2) is 8.42 Å². The van der Waals surface area contributed by atoms with Crippen LogP contribution < -0.4 is 5.32 Å². The smallest absolute Gasteiger partial charge is 0.214 e. The van der Waals surface area contributed by atoms with Gasteiger partial charge in [-0.05, 0) is 19.4 Å². The molecule has 2 fully saturated rings. The van der Waals surface area contributed by atoms with Gasteiger partial charge in [0.25, 0.3) is 0 Å². The molecule has 2 aliphatic rings. The molecule has 0 aliphatic carbocycles. The third-order valence-corrected chi connectivity index (χ3v) is 5.76. The fourth-order valence-corrected chi connectivity index (χ4v) is 4.18. The second-order valence-electron chi connectivity index (χ2n) is 4.90. The SMILES string of the molecule is CCCS(=O)(=O)N1CCN(C2CCNC2)CC1. The van der Waals surface area contributed by atoms with Crippen LogP contribution in [0.1, 0.15) is 19.8 Å². The Bertz CT molecular complexity index is 331. The van der Waals surface area contributed by atoms with E-state index in [0.29, 0.717) is 25.6 Å². The average Bonchev–Trinajstić information content (AvgIpc) is 2.82. The van der Waals surface area contributed by atoms with Crippen molar-refractivity contribution in [2.45, 2.75) is 25.8 Å². The second kappa shape index (κ2) is 5.65. The van der Waals surface area contributed by atoms with Gasteiger partial charge in [0.05, 0.1) is 5.75 Å². The Morgan fingerprint density at radius 2 is 1.94 bits per heavy atom. The minimum atomic E-state index is -2.99. The van der Waals surface area contributed by atoms with Gasteiger partial charge in [-0.1, -0.05) is 6.92 Å². The van der Waals surface area contributed by atoms with E-state index in [1.807, 2.05) is 6.92 Å². The molecule has 2 aliphatic heterocycles. The van der Waals surface area contributed by atoms with Gasteiger partial charge in [-0.3, -0.25) is 4.90 Å². The summed E-state index contributed by atoms with van der Waals surface area (Å²) in [6.07, 6.45) is 1.90. The van der Waals surface area contributed by atoms with Crippen molar-refractivity contribution in [2.24, 2.45) is 0 Å². The third-order valence-electron chi connectivity index (χ3n) is 3.68. The molecule has 0 aromatic rings. The fraction of sp³-hybridized carbons (Fsp3) is 1.00. The van der Waals surface area contributed by atoms with Crippen LogP contribution in [-0.2, 0) is 10.0 Å². The molecule has 1 N–H and O–H groups in total. The summed E-state index contributed by atoms with van der Waals surface area (Å²) in [6, 6.07) is 0.617. The molecule has 1 unspecified atom stereocenters. The normalized spacial score (nSPS) is 28.6. The van der Waals surface area contributed by atoms with E-state index in [-0.39, 0.29) is 5.75 Å². The molecule has 2 heterocycles. The number of nitrogens with one attached hydrogen (secondary N) is 1. The molecule has 1 atom stereocenters. The summed E-state index contributed by atoms with van der Waals surface area (Å²) < 4.78 is 25.5. The van der Waals surface area contributed by atoms with Crippen LogP contribution in [0.4, 0.5) is 0 Å². The highest BCUT2D eigenvalue weighted by Crippen LogP contribution is 2.14. The van der Waals surface area contributed by atoms with E-state index in [4.69, 9.17) is 0 Å². The fourth-order valence-electron chi connectivity index (χ4n) is 2.69. The van der Waals surface area contributed by atoms with Crippen LogP contribution >= 0.6 is 0 Å². The van der Waals surface area contributed by atoms with Crippen LogP contribution in [0.15, 0.2) is 0 Å². The first kappa shape index (κ1) is 13.3. The van der Waals surface area contributed by atoms with Crippen molar-refractivity contribution in [1.82, 2.24) is 14.5 Å². The quantitative estimate of drug-likeness (QED) is 0.755. The molecule has 2 saturated heterocycles. The van der Waals surface area contributed by atoms with Crippen LogP contribution in [0.5, 0.6) is 0 Å². The number of rotatable bonds is 4. The van der Waals surface area contributed by atoms with Gasteiger partial charge in [-0.15, -0.1) is 0 Å². The van der Waals surface area contributed by atoms with Crippen molar-refractivity contribution in [2.75, 3.05) is 45.0 Å². The Morgan fingerprint density at radius 1 is 1.24 bits per heavy atom. The minimum Gasteiger partial charge on any atom is -0.315 e. The molecule has 0 radical (unpaired) electrons. The first-order valence-electron chi connectivity index (χ1n) is 6.56. The highest BCUT2D eigenvalue weighted by molar-refractivity contribution is 7.89. The first-order chi connectivity index (χ1) is 8.13. The number of sulfonamides is 1. The third kappa shape index (κ3) is 3.19. The Balaban J connectivity index is 1.85. The first-order valence-corrected chi connectivity index (χ1v) is 8.17. The predicted molar refractivity (Wildman–Crippen MR) is 68.5 cm³/mol. The zero-order valence-electron chi connectivity index (χ0n) is 10.6. The molecule has 0 aromatic heterocycles. The summed E-state index contributed by atoms with van der Waals surface area (Å²) in [5.74, 6) is 0.290. The number of hydrogen-bond donors (Lipinski definition) is 1. The summed E-state index contributed by atoms with van der Waals surface area (Å²) in [6.45, 7) is 7.17. The monoisotopic (exact) mass is 261 g/mol. The van der Waals surface area contributed by atoms with Gasteiger partial charge in [0, 0.05) is 38.8 Å². The molecule has 5 nitrogen and oxygen atoms in total. The zero-order valence-corrected chi connectivity index (χ0v) is 11.4. The lowest BCUT2D eigenvalue weighted by molar-refractivity contribution is 0.145. The second-order valence-corrected chi connectivity index (χ2v) is 6.99. The van der Waals surface area contributed by atoms with Gasteiger partial charge in [0.2, 0.25) is 10.0 Å². The summed E-state index contributed by atoms with van der Waals surface area (Å²) in [7, 11) is -2.99. The predicted octanol–water partition coefficient (Wildman–Crippen LogP) is -0.294. The van der Waals surface area contributed by atoms with Crippen molar-refractivity contribution < 1.29 is 8.42 Å². The van der Waals surface area contributed by atoms with Crippen molar-refractivity contribution in [3.63, 3.8) is 0 Å². The molecule has 0 amide bonds. The van der Waals surface area contributed by atoms with Crippen LogP contribution in [0, 0.1) is 0 Å². The van der Waals surface area contributed by atoms with Crippen molar-refractivity contribution >= 4 is 10.0 Å². The molecular formula is C11H23N3O2S. The summed E-state index contributed by atoms with van der Waals surface area (Å²) in [5, 5.41) is 3.36. The van der Waals surface area contributed by atoms with E-state index < -0.39 is 10.0 Å². The lowest BCUT2D eigenvalue weighted by Crippen LogP contribution is -2.52. The highest BCUT2D eigenvalue weighted by atomic mass is 32.2. The highest BCUT2D eigenvalue weighted by Gasteiger charge is 2.30. The molecule has 0 bridgehead atoms. The van der Waals surface area contributed by atoms with Crippen molar-refractivity contribution in [3.05, 3.63) is 0 Å². The van der Waals surface area contributed by atoms with Crippen molar-refractivity contribution in [3.8, 4) is 0 Å². The lowest BCUT2D eigenvalue weighted by Gasteiger charge is -2.37. The minimum absolute atomic E-state index is 0.290. The molecule has 0 saturated carbocycles. The summed E-state index contributed by atoms with van der Waals surface area (Å²) in [5.41, 5.74) is 0. The van der Waals surface area contributed by atoms with E-state index in [9.17, 15) is 8.42 Å². The van der Waals surface area contributed by atoms with E-state index in [0.717, 1.165) is 26.2 Å². The topological polar surface area (TPSA) is 52.7 Å². The van der Waals surface area contributed by atoms with Crippen LogP contribution in [0.2, 0.25) is 0 Å². The number of piperazine rings is 1. The Morgan fingerprint density at radius 3 is 2.47 bits per heavy atom. The van der Waals surface area contributed by atoms with Crippen molar-refractivity contribution in [1.29, 1.82) is 0 Å². The largest absolute Gasteiger partial charge is 0.315 e. The van der Waals surface area contributed by atoms with Gasteiger partial charge in [-0.2, -0.15) is 4.31 Å². The van der Waals surface area contributed by atoms with Gasteiger partial charge in [0.1, 0.15) is 0 Å². The van der Waals surface area contributed by atoms with E-state index >= 15 is 0 Å². The Kier molecular flexibility index (Phi) is 4.41. The summed E-state index contributed by atoms with van der Waals surface area (Å²) in [4.78, 5) is 2.43. The number of hydrogen-bond acceptors (Lipinski definition) is 4. The van der Waals surface area contributed by atoms with Gasteiger partial charge in [0.15, 0.2) is 0 Å². The van der Waals surface area contributed by atoms with Crippen LogP contribution in [0.25, 0.3) is 0 Å². The molecule has 0 spiro atoms. The van der Waals surface area contributed by atoms with Gasteiger partial charge < -0.3 is 5.32 Å².